The van der Waals surface area contributed by atoms with Crippen molar-refractivity contribution in [1.29, 1.82) is 0 Å². The van der Waals surface area contributed by atoms with Crippen molar-refractivity contribution in [3.8, 4) is 0 Å². The van der Waals surface area contributed by atoms with Gasteiger partial charge in [0.15, 0.2) is 0 Å². The van der Waals surface area contributed by atoms with Crippen molar-refractivity contribution in [3.05, 3.63) is 40.6 Å². The largest absolute Gasteiger partial charge is 0.391 e. The maximum Gasteiger partial charge on any atom is 0.252 e. The van der Waals surface area contributed by atoms with Crippen molar-refractivity contribution >= 4 is 22.7 Å². The van der Waals surface area contributed by atoms with Crippen LogP contribution in [0.4, 0.5) is 0 Å². The molecule has 1 aliphatic carbocycles. The highest BCUT2D eigenvalue weighted by Crippen LogP contribution is 2.28. The molecule has 0 bridgehead atoms. The number of benzene rings is 1. The number of carbonyl (C=O) groups is 2. The average molecular weight is 383 g/mol. The fourth-order valence-electron chi connectivity index (χ4n) is 3.88. The van der Waals surface area contributed by atoms with Gasteiger partial charge in [-0.2, -0.15) is 0 Å². The van der Waals surface area contributed by atoms with Crippen LogP contribution < -0.4 is 10.6 Å². The van der Waals surface area contributed by atoms with E-state index in [9.17, 15) is 14.7 Å². The molecule has 1 aromatic carbocycles. The van der Waals surface area contributed by atoms with Crippen LogP contribution in [0.5, 0.6) is 0 Å². The van der Waals surface area contributed by atoms with E-state index < -0.39 is 12.1 Å². The van der Waals surface area contributed by atoms with Gasteiger partial charge < -0.3 is 15.7 Å². The first-order valence-corrected chi connectivity index (χ1v) is 9.84. The van der Waals surface area contributed by atoms with Crippen LogP contribution >= 0.6 is 0 Å². The smallest absolute Gasteiger partial charge is 0.252 e. The molecule has 2 amide bonds. The van der Waals surface area contributed by atoms with Gasteiger partial charge in [-0.1, -0.05) is 12.1 Å². The molecular weight excluding hydrogens is 354 g/mol. The fourth-order valence-corrected chi connectivity index (χ4v) is 3.88. The van der Waals surface area contributed by atoms with Crippen molar-refractivity contribution in [2.24, 2.45) is 5.92 Å². The first kappa shape index (κ1) is 20.3. The molecule has 6 nitrogen and oxygen atoms in total. The summed E-state index contributed by atoms with van der Waals surface area (Å²) < 4.78 is 0. The Hall–Kier alpha value is -2.47. The number of nitrogens with one attached hydrogen (secondary N) is 2. The Morgan fingerprint density at radius 1 is 1.18 bits per heavy atom. The Labute approximate surface area is 165 Å². The zero-order valence-electron chi connectivity index (χ0n) is 17.2. The number of aliphatic hydroxyl groups is 1. The second-order valence-electron chi connectivity index (χ2n) is 8.19. The van der Waals surface area contributed by atoms with Gasteiger partial charge in [-0.25, -0.2) is 0 Å². The molecule has 3 atom stereocenters. The zero-order chi connectivity index (χ0) is 20.6. The van der Waals surface area contributed by atoms with E-state index in [1.165, 1.54) is 0 Å². The van der Waals surface area contributed by atoms with E-state index in [1.54, 1.807) is 6.07 Å². The number of aromatic nitrogens is 1. The SMILES string of the molecule is Cc1cc(C(=O)N[C@@H]2C[C@H](C(=O)NC(C)C)C[C@H]2O)c2ccc(C)c(C)c2n1. The second kappa shape index (κ2) is 7.87. The van der Waals surface area contributed by atoms with E-state index in [-0.39, 0.29) is 23.8 Å². The Morgan fingerprint density at radius 3 is 2.57 bits per heavy atom. The molecule has 3 N–H and O–H groups in total. The van der Waals surface area contributed by atoms with Crippen LogP contribution in [-0.4, -0.2) is 40.1 Å². The van der Waals surface area contributed by atoms with E-state index >= 15 is 0 Å². The monoisotopic (exact) mass is 383 g/mol. The number of nitrogens with zero attached hydrogens (tertiary/aromatic N) is 1. The molecule has 1 fully saturated rings. The maximum atomic E-state index is 13.0. The highest BCUT2D eigenvalue weighted by atomic mass is 16.3. The minimum absolute atomic E-state index is 0.0520. The first-order chi connectivity index (χ1) is 13.2. The number of aliphatic hydroxyl groups excluding tert-OH is 1. The number of rotatable bonds is 4. The molecule has 1 heterocycles. The molecule has 150 valence electrons. The molecule has 2 aromatic rings. The van der Waals surface area contributed by atoms with Crippen molar-refractivity contribution in [1.82, 2.24) is 15.6 Å². The highest BCUT2D eigenvalue weighted by molar-refractivity contribution is 6.07. The number of pyridine rings is 1. The van der Waals surface area contributed by atoms with Gasteiger partial charge in [-0.3, -0.25) is 14.6 Å². The summed E-state index contributed by atoms with van der Waals surface area (Å²) >= 11 is 0. The van der Waals surface area contributed by atoms with Crippen LogP contribution in [0.3, 0.4) is 0 Å². The summed E-state index contributed by atoms with van der Waals surface area (Å²) in [5.41, 5.74) is 4.33. The van der Waals surface area contributed by atoms with Crippen molar-refractivity contribution < 1.29 is 14.7 Å². The van der Waals surface area contributed by atoms with E-state index in [4.69, 9.17) is 0 Å². The Kier molecular flexibility index (Phi) is 5.70. The molecule has 28 heavy (non-hydrogen) atoms. The number of aryl methyl sites for hydroxylation is 3. The quantitative estimate of drug-likeness (QED) is 0.757. The summed E-state index contributed by atoms with van der Waals surface area (Å²) in [6, 6.07) is 5.30. The van der Waals surface area contributed by atoms with E-state index in [2.05, 4.69) is 15.6 Å². The third-order valence-corrected chi connectivity index (χ3v) is 5.53. The molecule has 0 saturated heterocycles. The van der Waals surface area contributed by atoms with Crippen LogP contribution in [0.2, 0.25) is 0 Å². The summed E-state index contributed by atoms with van der Waals surface area (Å²) in [6.45, 7) is 9.71. The summed E-state index contributed by atoms with van der Waals surface area (Å²) in [7, 11) is 0. The lowest BCUT2D eigenvalue weighted by Gasteiger charge is -2.18. The molecule has 0 unspecified atom stereocenters. The van der Waals surface area contributed by atoms with E-state index in [0.717, 1.165) is 27.7 Å². The number of hydrogen-bond acceptors (Lipinski definition) is 4. The van der Waals surface area contributed by atoms with Gasteiger partial charge in [0, 0.05) is 23.0 Å². The first-order valence-electron chi connectivity index (χ1n) is 9.84. The standard InChI is InChI=1S/C22H29N3O3/c1-11(2)23-21(27)15-9-18(19(26)10-15)25-22(28)17-8-13(4)24-20-14(5)12(3)6-7-16(17)20/h6-8,11,15,18-19,26H,9-10H2,1-5H3,(H,23,27)(H,25,28)/t15-,18+,19+/m0/s1. The van der Waals surface area contributed by atoms with Crippen molar-refractivity contribution in [2.75, 3.05) is 0 Å². The van der Waals surface area contributed by atoms with E-state index in [0.29, 0.717) is 18.4 Å². The fraction of sp³-hybridized carbons (Fsp3) is 0.500. The van der Waals surface area contributed by atoms with Gasteiger partial charge in [0.2, 0.25) is 5.91 Å². The highest BCUT2D eigenvalue weighted by Gasteiger charge is 2.38. The molecular formula is C22H29N3O3. The number of hydrogen-bond donors (Lipinski definition) is 3. The van der Waals surface area contributed by atoms with Gasteiger partial charge in [0.05, 0.1) is 23.2 Å². The molecule has 1 aromatic heterocycles. The number of fused-ring (bicyclic) bond motifs is 1. The normalized spacial score (nSPS) is 21.9. The summed E-state index contributed by atoms with van der Waals surface area (Å²) in [5.74, 6) is -0.599. The van der Waals surface area contributed by atoms with Gasteiger partial charge >= 0.3 is 0 Å². The van der Waals surface area contributed by atoms with Crippen LogP contribution in [0.1, 0.15) is 53.9 Å². The van der Waals surface area contributed by atoms with Crippen LogP contribution in [0, 0.1) is 26.7 Å². The number of amides is 2. The lowest BCUT2D eigenvalue weighted by atomic mass is 10.00. The second-order valence-corrected chi connectivity index (χ2v) is 8.19. The summed E-state index contributed by atoms with van der Waals surface area (Å²) in [6.07, 6.45) is 0.0637. The summed E-state index contributed by atoms with van der Waals surface area (Å²) in [5, 5.41) is 17.0. The van der Waals surface area contributed by atoms with Crippen LogP contribution in [0.25, 0.3) is 10.9 Å². The maximum absolute atomic E-state index is 13.0. The minimum Gasteiger partial charge on any atom is -0.391 e. The third kappa shape index (κ3) is 4.02. The third-order valence-electron chi connectivity index (χ3n) is 5.53. The van der Waals surface area contributed by atoms with Gasteiger partial charge in [0.25, 0.3) is 5.91 Å². The molecule has 0 spiro atoms. The average Bonchev–Trinajstić information content (AvgIpc) is 2.98. The van der Waals surface area contributed by atoms with Crippen molar-refractivity contribution in [2.45, 2.75) is 65.6 Å². The van der Waals surface area contributed by atoms with Gasteiger partial charge in [0.1, 0.15) is 0 Å². The lowest BCUT2D eigenvalue weighted by molar-refractivity contribution is -0.125. The molecule has 1 aliphatic rings. The summed E-state index contributed by atoms with van der Waals surface area (Å²) in [4.78, 5) is 29.9. The van der Waals surface area contributed by atoms with Crippen molar-refractivity contribution in [3.63, 3.8) is 0 Å². The Bertz CT molecular complexity index is 923. The number of carbonyl (C=O) groups excluding carboxylic acids is 2. The van der Waals surface area contributed by atoms with Gasteiger partial charge in [-0.05, 0) is 64.7 Å². The zero-order valence-corrected chi connectivity index (χ0v) is 17.2. The molecule has 0 radical (unpaired) electrons. The topological polar surface area (TPSA) is 91.3 Å². The Balaban J connectivity index is 1.82. The molecule has 6 heteroatoms. The Morgan fingerprint density at radius 2 is 1.89 bits per heavy atom. The van der Waals surface area contributed by atoms with Gasteiger partial charge in [-0.15, -0.1) is 0 Å². The predicted octanol–water partition coefficient (Wildman–Crippen LogP) is 2.55. The minimum atomic E-state index is -0.731. The lowest BCUT2D eigenvalue weighted by Crippen LogP contribution is -2.40. The van der Waals surface area contributed by atoms with E-state index in [1.807, 2.05) is 46.8 Å². The molecule has 3 rings (SSSR count). The predicted molar refractivity (Wildman–Crippen MR) is 109 cm³/mol. The molecule has 1 saturated carbocycles. The van der Waals surface area contributed by atoms with Crippen LogP contribution in [-0.2, 0) is 4.79 Å². The van der Waals surface area contributed by atoms with Crippen LogP contribution in [0.15, 0.2) is 18.2 Å². The molecule has 0 aliphatic heterocycles.